The van der Waals surface area contributed by atoms with Crippen molar-refractivity contribution in [3.05, 3.63) is 60.4 Å². The third kappa shape index (κ3) is 1.62. The molecule has 0 aliphatic heterocycles. The van der Waals surface area contributed by atoms with Crippen LogP contribution in [0, 0.1) is 11.3 Å². The molecule has 3 rings (SSSR count). The lowest BCUT2D eigenvalue weighted by Crippen LogP contribution is -2.00. The van der Waals surface area contributed by atoms with Gasteiger partial charge in [0.25, 0.3) is 0 Å². The van der Waals surface area contributed by atoms with Crippen molar-refractivity contribution in [2.24, 2.45) is 0 Å². The Balaban J connectivity index is 2.16. The number of rotatable bonds is 2. The van der Waals surface area contributed by atoms with E-state index in [1.807, 2.05) is 24.3 Å². The van der Waals surface area contributed by atoms with Gasteiger partial charge in [0.15, 0.2) is 0 Å². The minimum atomic E-state index is -0.434. The summed E-state index contributed by atoms with van der Waals surface area (Å²) in [7, 11) is 0. The van der Waals surface area contributed by atoms with E-state index in [0.29, 0.717) is 5.69 Å². The van der Waals surface area contributed by atoms with Crippen LogP contribution >= 0.6 is 0 Å². The number of fused-ring (bicyclic) bond motifs is 1. The van der Waals surface area contributed by atoms with Crippen molar-refractivity contribution in [1.82, 2.24) is 9.97 Å². The largest absolute Gasteiger partial charge is 0.464 e. The molecule has 3 aromatic rings. The van der Waals surface area contributed by atoms with Crippen LogP contribution in [0.15, 0.2) is 53.5 Å². The summed E-state index contributed by atoms with van der Waals surface area (Å²) in [6.07, 6.45) is 4.71. The number of benzene rings is 1. The highest BCUT2D eigenvalue weighted by molar-refractivity contribution is 5.82. The van der Waals surface area contributed by atoms with Crippen LogP contribution in [0.4, 0.5) is 0 Å². The van der Waals surface area contributed by atoms with E-state index < -0.39 is 5.92 Å². The van der Waals surface area contributed by atoms with Gasteiger partial charge in [-0.15, -0.1) is 0 Å². The van der Waals surface area contributed by atoms with Gasteiger partial charge >= 0.3 is 0 Å². The van der Waals surface area contributed by atoms with Crippen LogP contribution in [0.2, 0.25) is 0 Å². The summed E-state index contributed by atoms with van der Waals surface area (Å²) in [4.78, 5) is 8.00. The molecular weight excluding hydrogens is 226 g/mol. The molecule has 0 saturated heterocycles. The molecule has 0 aliphatic carbocycles. The van der Waals surface area contributed by atoms with E-state index in [1.165, 1.54) is 6.33 Å². The van der Waals surface area contributed by atoms with Crippen LogP contribution in [0.5, 0.6) is 0 Å². The first kappa shape index (κ1) is 10.5. The normalized spacial score (nSPS) is 12.2. The van der Waals surface area contributed by atoms with Crippen LogP contribution in [-0.4, -0.2) is 9.97 Å². The molecule has 0 bridgehead atoms. The van der Waals surface area contributed by atoms with E-state index in [9.17, 15) is 5.26 Å². The molecule has 4 nitrogen and oxygen atoms in total. The first-order chi connectivity index (χ1) is 8.90. The van der Waals surface area contributed by atoms with Crippen molar-refractivity contribution < 1.29 is 4.42 Å². The van der Waals surface area contributed by atoms with Crippen molar-refractivity contribution in [3.63, 3.8) is 0 Å². The maximum absolute atomic E-state index is 9.36. The van der Waals surface area contributed by atoms with Crippen LogP contribution in [0.3, 0.4) is 0 Å². The third-order valence-electron chi connectivity index (χ3n) is 2.85. The van der Waals surface area contributed by atoms with Gasteiger partial charge in [-0.3, -0.25) is 0 Å². The second kappa shape index (κ2) is 4.30. The summed E-state index contributed by atoms with van der Waals surface area (Å²) in [5.74, 6) is -0.434. The molecule has 86 valence electrons. The summed E-state index contributed by atoms with van der Waals surface area (Å²) < 4.78 is 5.46. The first-order valence-corrected chi connectivity index (χ1v) is 5.52. The molecule has 0 N–H and O–H groups in total. The van der Waals surface area contributed by atoms with E-state index in [-0.39, 0.29) is 0 Å². The average Bonchev–Trinajstić information content (AvgIpc) is 2.85. The third-order valence-corrected chi connectivity index (χ3v) is 2.85. The molecule has 0 radical (unpaired) electrons. The summed E-state index contributed by atoms with van der Waals surface area (Å²) >= 11 is 0. The molecule has 0 saturated carbocycles. The lowest BCUT2D eigenvalue weighted by atomic mass is 9.96. The highest BCUT2D eigenvalue weighted by Gasteiger charge is 2.19. The average molecular weight is 235 g/mol. The molecule has 1 aromatic carbocycles. The van der Waals surface area contributed by atoms with Gasteiger partial charge in [-0.05, 0) is 12.1 Å². The summed E-state index contributed by atoms with van der Waals surface area (Å²) in [5, 5.41) is 10.3. The minimum Gasteiger partial charge on any atom is -0.464 e. The smallest absolute Gasteiger partial charge is 0.134 e. The minimum absolute atomic E-state index is 0.434. The highest BCUT2D eigenvalue weighted by Crippen LogP contribution is 2.30. The standard InChI is InChI=1S/C14H9N3O/c15-7-11(13-5-6-16-9-17-13)12-8-18-14-4-2-1-3-10(12)14/h1-6,8-9,11H. The van der Waals surface area contributed by atoms with Gasteiger partial charge in [0.2, 0.25) is 0 Å². The molecule has 0 spiro atoms. The molecule has 1 unspecified atom stereocenters. The molecule has 2 heterocycles. The van der Waals surface area contributed by atoms with Gasteiger partial charge in [0.1, 0.15) is 17.8 Å². The number of hydrogen-bond donors (Lipinski definition) is 0. The number of nitrogens with zero attached hydrogens (tertiary/aromatic N) is 3. The van der Waals surface area contributed by atoms with E-state index in [2.05, 4.69) is 16.0 Å². The van der Waals surface area contributed by atoms with Crippen molar-refractivity contribution in [2.45, 2.75) is 5.92 Å². The quantitative estimate of drug-likeness (QED) is 0.685. The maximum atomic E-state index is 9.36. The topological polar surface area (TPSA) is 62.7 Å². The Morgan fingerprint density at radius 3 is 2.89 bits per heavy atom. The Kier molecular flexibility index (Phi) is 2.50. The van der Waals surface area contributed by atoms with Crippen LogP contribution in [0.25, 0.3) is 11.0 Å². The molecule has 4 heteroatoms. The second-order valence-electron chi connectivity index (χ2n) is 3.88. The van der Waals surface area contributed by atoms with Crippen molar-refractivity contribution in [3.8, 4) is 6.07 Å². The zero-order chi connectivity index (χ0) is 12.4. The van der Waals surface area contributed by atoms with Crippen LogP contribution in [-0.2, 0) is 0 Å². The predicted octanol–water partition coefficient (Wildman–Crippen LogP) is 2.88. The van der Waals surface area contributed by atoms with E-state index >= 15 is 0 Å². The van der Waals surface area contributed by atoms with Gasteiger partial charge < -0.3 is 4.42 Å². The van der Waals surface area contributed by atoms with E-state index in [0.717, 1.165) is 16.5 Å². The Hall–Kier alpha value is -2.67. The number of furan rings is 1. The van der Waals surface area contributed by atoms with Gasteiger partial charge in [-0.2, -0.15) is 5.26 Å². The summed E-state index contributed by atoms with van der Waals surface area (Å²) in [6.45, 7) is 0. The highest BCUT2D eigenvalue weighted by atomic mass is 16.3. The first-order valence-electron chi connectivity index (χ1n) is 5.52. The Morgan fingerprint density at radius 1 is 1.22 bits per heavy atom. The van der Waals surface area contributed by atoms with Gasteiger partial charge in [0.05, 0.1) is 18.0 Å². The van der Waals surface area contributed by atoms with Crippen LogP contribution < -0.4 is 0 Å². The molecule has 0 amide bonds. The van der Waals surface area contributed by atoms with E-state index in [4.69, 9.17) is 4.42 Å². The van der Waals surface area contributed by atoms with E-state index in [1.54, 1.807) is 18.5 Å². The molecule has 0 fully saturated rings. The monoisotopic (exact) mass is 235 g/mol. The second-order valence-corrected chi connectivity index (χ2v) is 3.88. The zero-order valence-electron chi connectivity index (χ0n) is 9.45. The van der Waals surface area contributed by atoms with Crippen molar-refractivity contribution in [2.75, 3.05) is 0 Å². The van der Waals surface area contributed by atoms with Gasteiger partial charge in [-0.25, -0.2) is 9.97 Å². The van der Waals surface area contributed by atoms with Crippen LogP contribution in [0.1, 0.15) is 17.2 Å². The SMILES string of the molecule is N#CC(c1ccncn1)c1coc2ccccc12. The van der Waals surface area contributed by atoms with Crippen molar-refractivity contribution >= 4 is 11.0 Å². The molecule has 0 aliphatic rings. The number of para-hydroxylation sites is 1. The zero-order valence-corrected chi connectivity index (χ0v) is 9.45. The predicted molar refractivity (Wildman–Crippen MR) is 65.7 cm³/mol. The van der Waals surface area contributed by atoms with Gasteiger partial charge in [0, 0.05) is 17.1 Å². The lowest BCUT2D eigenvalue weighted by molar-refractivity contribution is 0.609. The Bertz CT molecular complexity index is 712. The number of nitriles is 1. The number of hydrogen-bond acceptors (Lipinski definition) is 4. The van der Waals surface area contributed by atoms with Gasteiger partial charge in [-0.1, -0.05) is 18.2 Å². The fourth-order valence-electron chi connectivity index (χ4n) is 1.99. The Labute approximate surface area is 104 Å². The summed E-state index contributed by atoms with van der Waals surface area (Å²) in [5.41, 5.74) is 2.30. The fraction of sp³-hybridized carbons (Fsp3) is 0.0714. The maximum Gasteiger partial charge on any atom is 0.134 e. The molecule has 18 heavy (non-hydrogen) atoms. The summed E-state index contributed by atoms with van der Waals surface area (Å²) in [6, 6.07) is 11.7. The fourth-order valence-corrected chi connectivity index (χ4v) is 1.99. The van der Waals surface area contributed by atoms with Crippen molar-refractivity contribution in [1.29, 1.82) is 5.26 Å². The molecular formula is C14H9N3O. The molecule has 1 atom stereocenters. The Morgan fingerprint density at radius 2 is 2.11 bits per heavy atom. The lowest BCUT2D eigenvalue weighted by Gasteiger charge is -2.05. The molecule has 2 aromatic heterocycles. The number of aromatic nitrogens is 2.